The zero-order chi connectivity index (χ0) is 13.8. The monoisotopic (exact) mass is 281 g/mol. The summed E-state index contributed by atoms with van der Waals surface area (Å²) in [4.78, 5) is 13.5. The van der Waals surface area contributed by atoms with Gasteiger partial charge in [0.05, 0.1) is 13.1 Å². The molecule has 0 bridgehead atoms. The number of amides is 1. The summed E-state index contributed by atoms with van der Waals surface area (Å²) in [5.74, 6) is 0.805. The van der Waals surface area contributed by atoms with Gasteiger partial charge in [-0.15, -0.1) is 0 Å². The van der Waals surface area contributed by atoms with Crippen LogP contribution in [0.3, 0.4) is 0 Å². The van der Waals surface area contributed by atoms with E-state index >= 15 is 0 Å². The summed E-state index contributed by atoms with van der Waals surface area (Å²) in [7, 11) is 0. The van der Waals surface area contributed by atoms with E-state index in [-0.39, 0.29) is 5.91 Å². The van der Waals surface area contributed by atoms with E-state index in [4.69, 9.17) is 11.6 Å². The van der Waals surface area contributed by atoms with Gasteiger partial charge in [-0.2, -0.15) is 0 Å². The highest BCUT2D eigenvalue weighted by atomic mass is 35.5. The lowest BCUT2D eigenvalue weighted by molar-refractivity contribution is -0.900. The standard InChI is InChI=1S/C15H21ClN2O/c1-11-4-3-7-18(9-11)10-15(19)17-14-8-13(16)6-5-12(14)2/h5-6,8,11H,3-4,7,9-10H2,1-2H3,(H,17,19)/p+1/t11-/m1/s1. The molecule has 0 radical (unpaired) electrons. The minimum atomic E-state index is 0.0782. The largest absolute Gasteiger partial charge is 0.327 e. The molecule has 1 amide bonds. The van der Waals surface area contributed by atoms with Gasteiger partial charge in [-0.3, -0.25) is 4.79 Å². The van der Waals surface area contributed by atoms with Gasteiger partial charge in [0.15, 0.2) is 6.54 Å². The molecule has 19 heavy (non-hydrogen) atoms. The number of anilines is 1. The summed E-state index contributed by atoms with van der Waals surface area (Å²) in [5, 5.41) is 3.62. The first-order valence-electron chi connectivity index (χ1n) is 6.94. The minimum Gasteiger partial charge on any atom is -0.327 e. The van der Waals surface area contributed by atoms with E-state index in [1.807, 2.05) is 25.1 Å². The number of quaternary nitrogens is 1. The Labute approximate surface area is 119 Å². The van der Waals surface area contributed by atoms with E-state index < -0.39 is 0 Å². The molecule has 1 saturated heterocycles. The highest BCUT2D eigenvalue weighted by molar-refractivity contribution is 6.31. The summed E-state index contributed by atoms with van der Waals surface area (Å²) < 4.78 is 0. The van der Waals surface area contributed by atoms with E-state index in [1.54, 1.807) is 0 Å². The zero-order valence-electron chi connectivity index (χ0n) is 11.6. The van der Waals surface area contributed by atoms with Gasteiger partial charge in [0, 0.05) is 16.6 Å². The fourth-order valence-electron chi connectivity index (χ4n) is 2.71. The Morgan fingerprint density at radius 1 is 1.53 bits per heavy atom. The van der Waals surface area contributed by atoms with Gasteiger partial charge in [-0.05, 0) is 37.5 Å². The van der Waals surface area contributed by atoms with Crippen molar-refractivity contribution in [2.75, 3.05) is 25.0 Å². The van der Waals surface area contributed by atoms with Crippen molar-refractivity contribution in [3.05, 3.63) is 28.8 Å². The summed E-state index contributed by atoms with van der Waals surface area (Å²) in [6, 6.07) is 5.57. The Hall–Kier alpha value is -1.06. The second-order valence-electron chi connectivity index (χ2n) is 5.64. The van der Waals surface area contributed by atoms with Gasteiger partial charge in [0.2, 0.25) is 0 Å². The molecular formula is C15H22ClN2O+. The number of aryl methyl sites for hydroxylation is 1. The molecule has 0 spiro atoms. The van der Waals surface area contributed by atoms with Crippen LogP contribution in [0.25, 0.3) is 0 Å². The summed E-state index contributed by atoms with van der Waals surface area (Å²) in [6.45, 7) is 6.99. The number of hydrogen-bond acceptors (Lipinski definition) is 1. The maximum absolute atomic E-state index is 12.1. The molecule has 1 aromatic rings. The van der Waals surface area contributed by atoms with E-state index in [2.05, 4.69) is 12.2 Å². The number of piperidine rings is 1. The minimum absolute atomic E-state index is 0.0782. The van der Waals surface area contributed by atoms with Crippen molar-refractivity contribution in [1.82, 2.24) is 0 Å². The lowest BCUT2D eigenvalue weighted by Crippen LogP contribution is -3.14. The van der Waals surface area contributed by atoms with Crippen molar-refractivity contribution in [2.45, 2.75) is 26.7 Å². The number of halogens is 1. The van der Waals surface area contributed by atoms with Crippen LogP contribution in [0.4, 0.5) is 5.69 Å². The molecule has 2 N–H and O–H groups in total. The van der Waals surface area contributed by atoms with Gasteiger partial charge in [0.1, 0.15) is 0 Å². The SMILES string of the molecule is Cc1ccc(Cl)cc1NC(=O)C[NH+]1CCC[C@@H](C)C1. The topological polar surface area (TPSA) is 33.5 Å². The third-order valence-electron chi connectivity index (χ3n) is 3.75. The molecule has 104 valence electrons. The highest BCUT2D eigenvalue weighted by Gasteiger charge is 2.22. The third kappa shape index (κ3) is 4.22. The van der Waals surface area contributed by atoms with Gasteiger partial charge < -0.3 is 10.2 Å². The van der Waals surface area contributed by atoms with Crippen LogP contribution in [0.2, 0.25) is 5.02 Å². The first kappa shape index (κ1) is 14.4. The molecular weight excluding hydrogens is 260 g/mol. The van der Waals surface area contributed by atoms with Crippen LogP contribution in [0.1, 0.15) is 25.3 Å². The molecule has 4 heteroatoms. The molecule has 0 aliphatic carbocycles. The summed E-state index contributed by atoms with van der Waals surface area (Å²) >= 11 is 5.95. The van der Waals surface area contributed by atoms with Crippen molar-refractivity contribution in [1.29, 1.82) is 0 Å². The highest BCUT2D eigenvalue weighted by Crippen LogP contribution is 2.19. The predicted molar refractivity (Wildman–Crippen MR) is 78.8 cm³/mol. The van der Waals surface area contributed by atoms with Crippen LogP contribution in [0.5, 0.6) is 0 Å². The second-order valence-corrected chi connectivity index (χ2v) is 6.07. The molecule has 1 aromatic carbocycles. The van der Waals surface area contributed by atoms with Crippen LogP contribution in [-0.4, -0.2) is 25.5 Å². The molecule has 1 fully saturated rings. The van der Waals surface area contributed by atoms with Crippen molar-refractivity contribution >= 4 is 23.2 Å². The average molecular weight is 282 g/mol. The number of carbonyl (C=O) groups excluding carboxylic acids is 1. The van der Waals surface area contributed by atoms with Gasteiger partial charge in [0.25, 0.3) is 5.91 Å². The van der Waals surface area contributed by atoms with Crippen LogP contribution in [0.15, 0.2) is 18.2 Å². The smallest absolute Gasteiger partial charge is 0.279 e. The van der Waals surface area contributed by atoms with Crippen LogP contribution in [-0.2, 0) is 4.79 Å². The number of rotatable bonds is 3. The van der Waals surface area contributed by atoms with Crippen LogP contribution in [0, 0.1) is 12.8 Å². The van der Waals surface area contributed by atoms with Gasteiger partial charge in [-0.1, -0.05) is 24.6 Å². The number of carbonyl (C=O) groups is 1. The van der Waals surface area contributed by atoms with Crippen molar-refractivity contribution in [3.63, 3.8) is 0 Å². The molecule has 1 aliphatic heterocycles. The lowest BCUT2D eigenvalue weighted by atomic mass is 10.0. The van der Waals surface area contributed by atoms with Gasteiger partial charge >= 0.3 is 0 Å². The van der Waals surface area contributed by atoms with Crippen LogP contribution < -0.4 is 10.2 Å². The number of nitrogens with one attached hydrogen (secondary N) is 2. The Kier molecular flexibility index (Phi) is 4.83. The summed E-state index contributed by atoms with van der Waals surface area (Å²) in [6.07, 6.45) is 2.51. The molecule has 1 unspecified atom stereocenters. The fraction of sp³-hybridized carbons (Fsp3) is 0.533. The maximum atomic E-state index is 12.1. The molecule has 1 heterocycles. The predicted octanol–water partition coefficient (Wildman–Crippen LogP) is 1.90. The van der Waals surface area contributed by atoms with Crippen molar-refractivity contribution in [2.24, 2.45) is 5.92 Å². The molecule has 2 atom stereocenters. The molecule has 3 nitrogen and oxygen atoms in total. The summed E-state index contributed by atoms with van der Waals surface area (Å²) in [5.41, 5.74) is 1.86. The van der Waals surface area contributed by atoms with Gasteiger partial charge in [-0.25, -0.2) is 0 Å². The Balaban J connectivity index is 1.92. The quantitative estimate of drug-likeness (QED) is 0.872. The normalized spacial score (nSPS) is 23.1. The van der Waals surface area contributed by atoms with Crippen molar-refractivity contribution in [3.8, 4) is 0 Å². The van der Waals surface area contributed by atoms with E-state index in [9.17, 15) is 4.79 Å². The first-order chi connectivity index (χ1) is 9.04. The van der Waals surface area contributed by atoms with E-state index in [0.717, 1.165) is 30.3 Å². The third-order valence-corrected chi connectivity index (χ3v) is 3.98. The van der Waals surface area contributed by atoms with E-state index in [1.165, 1.54) is 17.7 Å². The Morgan fingerprint density at radius 3 is 3.05 bits per heavy atom. The lowest BCUT2D eigenvalue weighted by Gasteiger charge is -2.27. The molecule has 0 saturated carbocycles. The number of hydrogen-bond donors (Lipinski definition) is 2. The van der Waals surface area contributed by atoms with E-state index in [0.29, 0.717) is 11.6 Å². The molecule has 1 aliphatic rings. The second kappa shape index (κ2) is 6.40. The van der Waals surface area contributed by atoms with Crippen molar-refractivity contribution < 1.29 is 9.69 Å². The molecule has 2 rings (SSSR count). The Bertz CT molecular complexity index is 461. The number of likely N-dealkylation sites (tertiary alicyclic amines) is 1. The van der Waals surface area contributed by atoms with Crippen LogP contribution >= 0.6 is 11.6 Å². The molecule has 0 aromatic heterocycles. The zero-order valence-corrected chi connectivity index (χ0v) is 12.4. The first-order valence-corrected chi connectivity index (χ1v) is 7.32. The Morgan fingerprint density at radius 2 is 2.32 bits per heavy atom. The average Bonchev–Trinajstić information content (AvgIpc) is 2.34. The maximum Gasteiger partial charge on any atom is 0.279 e. The fourth-order valence-corrected chi connectivity index (χ4v) is 2.88. The number of benzene rings is 1.